The van der Waals surface area contributed by atoms with Crippen molar-refractivity contribution in [3.05, 3.63) is 52.8 Å². The van der Waals surface area contributed by atoms with Gasteiger partial charge in [-0.3, -0.25) is 14.4 Å². The van der Waals surface area contributed by atoms with Gasteiger partial charge in [0.15, 0.2) is 0 Å². The predicted octanol–water partition coefficient (Wildman–Crippen LogP) is 2.58. The van der Waals surface area contributed by atoms with Crippen LogP contribution in [0.2, 0.25) is 5.02 Å². The minimum atomic E-state index is 0.209. The predicted molar refractivity (Wildman–Crippen MR) is 94.9 cm³/mol. The van der Waals surface area contributed by atoms with Gasteiger partial charge in [0.2, 0.25) is 5.91 Å². The maximum atomic E-state index is 12.3. The van der Waals surface area contributed by atoms with Crippen LogP contribution in [-0.4, -0.2) is 51.7 Å². The average molecular weight is 347 g/mol. The van der Waals surface area contributed by atoms with E-state index in [0.29, 0.717) is 13.0 Å². The summed E-state index contributed by atoms with van der Waals surface area (Å²) in [5.41, 5.74) is 2.13. The third-order valence-electron chi connectivity index (χ3n) is 4.41. The molecular formula is C18H23ClN4O. The number of carbonyl (C=O) groups is 1. The Balaban J connectivity index is 1.44. The van der Waals surface area contributed by atoms with Crippen LogP contribution in [0.4, 0.5) is 0 Å². The molecule has 128 valence electrons. The Labute approximate surface area is 147 Å². The maximum absolute atomic E-state index is 12.3. The van der Waals surface area contributed by atoms with Gasteiger partial charge in [0.05, 0.1) is 5.69 Å². The zero-order valence-corrected chi connectivity index (χ0v) is 14.7. The van der Waals surface area contributed by atoms with E-state index in [1.165, 1.54) is 0 Å². The zero-order chi connectivity index (χ0) is 16.9. The Morgan fingerprint density at radius 3 is 2.58 bits per heavy atom. The van der Waals surface area contributed by atoms with Crippen LogP contribution in [0, 0.1) is 6.92 Å². The molecule has 1 aromatic heterocycles. The van der Waals surface area contributed by atoms with Gasteiger partial charge in [0.25, 0.3) is 0 Å². The van der Waals surface area contributed by atoms with Gasteiger partial charge in [0.1, 0.15) is 0 Å². The molecule has 0 bridgehead atoms. The summed E-state index contributed by atoms with van der Waals surface area (Å²) in [7, 11) is 0. The third-order valence-corrected chi connectivity index (χ3v) is 4.77. The van der Waals surface area contributed by atoms with Crippen LogP contribution in [0.5, 0.6) is 0 Å². The Hall–Kier alpha value is -1.85. The monoisotopic (exact) mass is 346 g/mol. The third kappa shape index (κ3) is 4.36. The average Bonchev–Trinajstić information content (AvgIpc) is 3.01. The van der Waals surface area contributed by atoms with E-state index in [1.807, 2.05) is 47.0 Å². The number of amides is 1. The highest BCUT2D eigenvalue weighted by Gasteiger charge is 2.21. The molecule has 2 aromatic rings. The molecule has 1 aromatic carbocycles. The summed E-state index contributed by atoms with van der Waals surface area (Å²) in [5, 5.41) is 5.13. The number of piperazine rings is 1. The van der Waals surface area contributed by atoms with Crippen molar-refractivity contribution in [1.29, 1.82) is 0 Å². The molecule has 5 nitrogen and oxygen atoms in total. The molecule has 1 amide bonds. The van der Waals surface area contributed by atoms with Crippen molar-refractivity contribution < 1.29 is 4.79 Å². The van der Waals surface area contributed by atoms with E-state index >= 15 is 0 Å². The molecule has 0 N–H and O–H groups in total. The Bertz CT molecular complexity index is 692. The molecule has 6 heteroatoms. The van der Waals surface area contributed by atoms with Crippen LogP contribution in [0.3, 0.4) is 0 Å². The number of carbonyl (C=O) groups excluding carboxylic acids is 1. The number of hydrogen-bond donors (Lipinski definition) is 0. The molecular weight excluding hydrogens is 324 g/mol. The summed E-state index contributed by atoms with van der Waals surface area (Å²) in [6.07, 6.45) is 2.43. The topological polar surface area (TPSA) is 41.4 Å². The number of benzene rings is 1. The highest BCUT2D eigenvalue weighted by Crippen LogP contribution is 2.18. The number of aryl methyl sites for hydroxylation is 2. The zero-order valence-electron chi connectivity index (χ0n) is 14.0. The first-order valence-electron chi connectivity index (χ1n) is 8.35. The number of halogens is 1. The lowest BCUT2D eigenvalue weighted by molar-refractivity contribution is -0.133. The number of rotatable bonds is 5. The van der Waals surface area contributed by atoms with E-state index in [2.05, 4.69) is 16.1 Å². The minimum Gasteiger partial charge on any atom is -0.340 e. The van der Waals surface area contributed by atoms with Crippen molar-refractivity contribution in [1.82, 2.24) is 19.6 Å². The lowest BCUT2D eigenvalue weighted by Crippen LogP contribution is -2.48. The molecule has 0 atom stereocenters. The lowest BCUT2D eigenvalue weighted by Gasteiger charge is -2.35. The van der Waals surface area contributed by atoms with E-state index in [9.17, 15) is 4.79 Å². The summed E-state index contributed by atoms with van der Waals surface area (Å²) >= 11 is 6.22. The van der Waals surface area contributed by atoms with Gasteiger partial charge >= 0.3 is 0 Å². The van der Waals surface area contributed by atoms with Crippen molar-refractivity contribution in [3.63, 3.8) is 0 Å². The number of hydrogen-bond acceptors (Lipinski definition) is 3. The fraction of sp³-hybridized carbons (Fsp3) is 0.444. The molecule has 2 heterocycles. The van der Waals surface area contributed by atoms with Gasteiger partial charge in [-0.1, -0.05) is 29.8 Å². The van der Waals surface area contributed by atoms with E-state index in [1.54, 1.807) is 0 Å². The smallest absolute Gasteiger partial charge is 0.224 e. The molecule has 0 aliphatic carbocycles. The van der Waals surface area contributed by atoms with Crippen LogP contribution in [0.25, 0.3) is 0 Å². The van der Waals surface area contributed by atoms with Crippen LogP contribution in [0.1, 0.15) is 17.7 Å². The minimum absolute atomic E-state index is 0.209. The first kappa shape index (κ1) is 17.0. The van der Waals surface area contributed by atoms with Crippen molar-refractivity contribution >= 4 is 17.5 Å². The van der Waals surface area contributed by atoms with Crippen molar-refractivity contribution in [3.8, 4) is 0 Å². The molecule has 1 aliphatic rings. The van der Waals surface area contributed by atoms with Crippen LogP contribution >= 0.6 is 11.6 Å². The largest absolute Gasteiger partial charge is 0.340 e. The van der Waals surface area contributed by atoms with Gasteiger partial charge in [-0.2, -0.15) is 5.10 Å². The summed E-state index contributed by atoms with van der Waals surface area (Å²) in [6, 6.07) is 9.90. The first-order valence-corrected chi connectivity index (χ1v) is 8.73. The number of nitrogens with zero attached hydrogens (tertiary/aromatic N) is 4. The van der Waals surface area contributed by atoms with Gasteiger partial charge in [-0.15, -0.1) is 0 Å². The van der Waals surface area contributed by atoms with Gasteiger partial charge in [-0.05, 0) is 24.6 Å². The fourth-order valence-electron chi connectivity index (χ4n) is 2.98. The van der Waals surface area contributed by atoms with E-state index < -0.39 is 0 Å². The SMILES string of the molecule is Cc1ccn(CCC(=O)N2CCN(Cc3ccccc3Cl)CC2)n1. The first-order chi connectivity index (χ1) is 11.6. The lowest BCUT2D eigenvalue weighted by atomic mass is 10.2. The van der Waals surface area contributed by atoms with Gasteiger partial charge < -0.3 is 4.90 Å². The van der Waals surface area contributed by atoms with Crippen molar-refractivity contribution in [2.45, 2.75) is 26.4 Å². The van der Waals surface area contributed by atoms with Crippen LogP contribution in [-0.2, 0) is 17.9 Å². The standard InChI is InChI=1S/C18H23ClN4O/c1-15-6-8-23(20-15)9-7-18(24)22-12-10-21(11-13-22)14-16-4-2-3-5-17(16)19/h2-6,8H,7,9-14H2,1H3. The second kappa shape index (κ2) is 7.81. The molecule has 0 spiro atoms. The molecule has 24 heavy (non-hydrogen) atoms. The second-order valence-electron chi connectivity index (χ2n) is 6.22. The molecule has 0 unspecified atom stereocenters. The van der Waals surface area contributed by atoms with Crippen molar-refractivity contribution in [2.24, 2.45) is 0 Å². The Morgan fingerprint density at radius 1 is 1.17 bits per heavy atom. The molecule has 1 aliphatic heterocycles. The normalized spacial score (nSPS) is 15.7. The summed E-state index contributed by atoms with van der Waals surface area (Å²) in [4.78, 5) is 16.6. The van der Waals surface area contributed by atoms with E-state index in [0.717, 1.165) is 49.0 Å². The highest BCUT2D eigenvalue weighted by atomic mass is 35.5. The highest BCUT2D eigenvalue weighted by molar-refractivity contribution is 6.31. The van der Waals surface area contributed by atoms with Gasteiger partial charge in [0, 0.05) is 56.9 Å². The fourth-order valence-corrected chi connectivity index (χ4v) is 3.17. The molecule has 1 saturated heterocycles. The Morgan fingerprint density at radius 2 is 1.92 bits per heavy atom. The molecule has 3 rings (SSSR count). The molecule has 1 fully saturated rings. The maximum Gasteiger partial charge on any atom is 0.224 e. The second-order valence-corrected chi connectivity index (χ2v) is 6.63. The van der Waals surface area contributed by atoms with E-state index in [4.69, 9.17) is 11.6 Å². The molecule has 0 saturated carbocycles. The summed E-state index contributed by atoms with van der Waals surface area (Å²) in [5.74, 6) is 0.209. The molecule has 0 radical (unpaired) electrons. The Kier molecular flexibility index (Phi) is 5.53. The van der Waals surface area contributed by atoms with Crippen molar-refractivity contribution in [2.75, 3.05) is 26.2 Å². The van der Waals surface area contributed by atoms with Gasteiger partial charge in [-0.25, -0.2) is 0 Å². The quantitative estimate of drug-likeness (QED) is 0.835. The van der Waals surface area contributed by atoms with E-state index in [-0.39, 0.29) is 5.91 Å². The van der Waals surface area contributed by atoms with Crippen LogP contribution in [0.15, 0.2) is 36.5 Å². The summed E-state index contributed by atoms with van der Waals surface area (Å²) < 4.78 is 1.83. The van der Waals surface area contributed by atoms with Crippen LogP contribution < -0.4 is 0 Å². The summed E-state index contributed by atoms with van der Waals surface area (Å²) in [6.45, 7) is 6.77. The number of aromatic nitrogens is 2.